The van der Waals surface area contributed by atoms with Crippen LogP contribution in [0.4, 0.5) is 22.7 Å². The molecule has 2 radical (unpaired) electrons. The van der Waals surface area contributed by atoms with E-state index in [4.69, 9.17) is 56.8 Å². The molecule has 0 saturated carbocycles. The topological polar surface area (TPSA) is 366 Å². The van der Waals surface area contributed by atoms with Crippen LogP contribution in [-0.4, -0.2) is 183 Å². The largest absolute Gasteiger partial charge is 4.00 e. The predicted octanol–water partition coefficient (Wildman–Crippen LogP) is 17.0. The van der Waals surface area contributed by atoms with Crippen molar-refractivity contribution in [3.05, 3.63) is 284 Å². The van der Waals surface area contributed by atoms with Gasteiger partial charge >= 0.3 is 199 Å². The molecule has 24 nitrogen and oxygen atoms in total. The summed E-state index contributed by atoms with van der Waals surface area (Å²) in [6.45, 7) is 69.1. The van der Waals surface area contributed by atoms with E-state index in [1.54, 1.807) is 24.9 Å². The van der Waals surface area contributed by atoms with Crippen molar-refractivity contribution in [1.29, 1.82) is 0 Å². The van der Waals surface area contributed by atoms with Crippen molar-refractivity contribution in [1.82, 2.24) is 0 Å². The quantitative estimate of drug-likeness (QED) is 0.0774. The molecule has 0 N–H and O–H groups in total. The number of ether oxygens (including phenoxy) is 12. The first-order valence-electron chi connectivity index (χ1n) is 48.6. The Kier molecular flexibility index (Phi) is 85.8. The maximum Gasteiger partial charge on any atom is 4.00 e. The van der Waals surface area contributed by atoms with Crippen LogP contribution < -0.4 is 123 Å². The van der Waals surface area contributed by atoms with Gasteiger partial charge in [-0.15, -0.1) is 47.9 Å². The zero-order valence-electron chi connectivity index (χ0n) is 93.6. The summed E-state index contributed by atoms with van der Waals surface area (Å²) in [7, 11) is 0. The summed E-state index contributed by atoms with van der Waals surface area (Å²) in [6, 6.07) is 67.6. The minimum Gasteiger partial charge on any atom is -2.00 e. The standard InChI is InChI=1S/4C20H26NO.2C12H24O6.2C7H8.2Fe.2K.4O.2U/c4*1-19(2,3)15-11-14(13-21-16-9-7-8-10-16)18(22)17(12-15)20(4,5)6;2*1-2-14-5-6-16-9-10-18-12-11-17-8-7-15-4-3-13-1;2*1-7-5-3-2-4-6-7;;;;;;;;;;/h4*7-13,22H,1-6H3;2*1-12H2;2*2-6H,1H3;;;;;;;;;;/q4*-1;;;;;2*+3;2*+1;4*-2;2*+4/p-4. The molecule has 0 atom stereocenters. The van der Waals surface area contributed by atoms with Crippen LogP contribution in [-0.2, 0) is 156 Å². The van der Waals surface area contributed by atoms with Crippen LogP contribution in [0.5, 0.6) is 23.0 Å². The smallest absolute Gasteiger partial charge is 2.00 e. The van der Waals surface area contributed by atoms with E-state index in [9.17, 15) is 20.4 Å². The molecule has 802 valence electrons. The fraction of sp³-hybridized carbons (Fsp3) is 0.492. The molecule has 30 heteroatoms. The van der Waals surface area contributed by atoms with Crippen molar-refractivity contribution in [3.63, 3.8) is 0 Å². The van der Waals surface area contributed by atoms with Crippen molar-refractivity contribution in [3.8, 4) is 23.0 Å². The van der Waals surface area contributed by atoms with E-state index >= 15 is 0 Å². The maximum atomic E-state index is 12.8. The fourth-order valence-corrected chi connectivity index (χ4v) is 13.0. The van der Waals surface area contributed by atoms with Crippen molar-refractivity contribution in [2.24, 2.45) is 20.0 Å². The van der Waals surface area contributed by atoms with Gasteiger partial charge in [0.05, 0.1) is 159 Å². The van der Waals surface area contributed by atoms with Crippen molar-refractivity contribution >= 4 is 47.6 Å². The van der Waals surface area contributed by atoms with Gasteiger partial charge in [-0.3, -0.25) is 9.98 Å². The molecule has 2 heterocycles. The second-order valence-corrected chi connectivity index (χ2v) is 42.0. The summed E-state index contributed by atoms with van der Waals surface area (Å²) >= 11 is 0. The Labute approximate surface area is 1040 Å². The molecule has 148 heavy (non-hydrogen) atoms. The van der Waals surface area contributed by atoms with Gasteiger partial charge < -0.3 is 109 Å². The summed E-state index contributed by atoms with van der Waals surface area (Å²) in [4.78, 5) is 17.7. The van der Waals surface area contributed by atoms with Crippen LogP contribution in [0, 0.1) is 76.1 Å². The van der Waals surface area contributed by atoms with Gasteiger partial charge in [0, 0.05) is 12.4 Å². The van der Waals surface area contributed by atoms with Gasteiger partial charge in [0.15, 0.2) is 0 Å². The molecule has 2 fully saturated rings. The molecule has 10 aromatic carbocycles. The zero-order chi connectivity index (χ0) is 102. The number of hydrogen-bond acceptors (Lipinski definition) is 20. The molecule has 2 aliphatic rings. The first-order valence-corrected chi connectivity index (χ1v) is 48.6. The van der Waals surface area contributed by atoms with Crippen LogP contribution in [0.15, 0.2) is 226 Å². The van der Waals surface area contributed by atoms with Crippen LogP contribution in [0.25, 0.3) is 0 Å². The third-order valence-corrected chi connectivity index (χ3v) is 21.5. The van der Waals surface area contributed by atoms with Gasteiger partial charge in [0.25, 0.3) is 0 Å². The third-order valence-electron chi connectivity index (χ3n) is 21.5. The van der Waals surface area contributed by atoms with E-state index < -0.39 is 0 Å². The van der Waals surface area contributed by atoms with Crippen LogP contribution in [0.2, 0.25) is 0 Å². The van der Waals surface area contributed by atoms with Gasteiger partial charge in [-0.2, -0.15) is 48.5 Å². The second-order valence-electron chi connectivity index (χ2n) is 42.0. The van der Waals surface area contributed by atoms with Crippen LogP contribution >= 0.6 is 0 Å². The van der Waals surface area contributed by atoms with Gasteiger partial charge in [0.1, 0.15) is 0 Å². The molecule has 2 aliphatic heterocycles. The molecular formula is C118H164Fe2K2N4O20U2. The van der Waals surface area contributed by atoms with E-state index in [0.29, 0.717) is 181 Å². The fourth-order valence-electron chi connectivity index (χ4n) is 13.0. The monoisotopic (exact) mass is 2620 g/mol. The van der Waals surface area contributed by atoms with Crippen molar-refractivity contribution in [2.75, 3.05) is 159 Å². The van der Waals surface area contributed by atoms with Crippen molar-refractivity contribution in [2.45, 2.75) is 223 Å². The molecule has 0 aromatic heterocycles. The normalized spacial score (nSPS) is 14.4. The molecule has 0 unspecified atom stereocenters. The molecule has 10 aromatic rings. The molecule has 0 amide bonds. The zero-order valence-corrected chi connectivity index (χ0v) is 110. The average Bonchev–Trinajstić information content (AvgIpc) is 0.819. The number of hydrogen-bond donors (Lipinski definition) is 0. The first kappa shape index (κ1) is 155. The Morgan fingerprint density at radius 3 is 0.568 bits per heavy atom. The minimum atomic E-state index is -0.179. The summed E-state index contributed by atoms with van der Waals surface area (Å²) in [5.74, 6) is 0.318. The van der Waals surface area contributed by atoms with Gasteiger partial charge in [-0.25, -0.2) is 12.1 Å². The molecule has 2 saturated heterocycles. The van der Waals surface area contributed by atoms with E-state index in [2.05, 4.69) is 249 Å². The van der Waals surface area contributed by atoms with Crippen LogP contribution in [0.3, 0.4) is 0 Å². The molecule has 0 aliphatic carbocycles. The van der Waals surface area contributed by atoms with Gasteiger partial charge in [-0.05, 0) is 125 Å². The number of aryl methyl sites for hydroxylation is 2. The molecule has 12 rings (SSSR count). The molecule has 0 spiro atoms. The van der Waals surface area contributed by atoms with E-state index in [0.717, 1.165) is 45.0 Å². The van der Waals surface area contributed by atoms with E-state index in [1.165, 1.54) is 33.4 Å². The van der Waals surface area contributed by atoms with Crippen molar-refractivity contribution < 1.29 is 298 Å². The van der Waals surface area contributed by atoms with E-state index in [-0.39, 0.29) is 287 Å². The minimum absolute atomic E-state index is 0. The Morgan fingerprint density at radius 2 is 0.426 bits per heavy atom. The number of benzene rings is 6. The Hall–Kier alpha value is -3.62. The summed E-state index contributed by atoms with van der Waals surface area (Å²) in [5.41, 5.74) is 16.1. The predicted molar refractivity (Wildman–Crippen MR) is 565 cm³/mol. The van der Waals surface area contributed by atoms with Gasteiger partial charge in [-0.1, -0.05) is 332 Å². The first-order chi connectivity index (χ1) is 65.1. The van der Waals surface area contributed by atoms with Crippen LogP contribution in [0.1, 0.15) is 244 Å². The van der Waals surface area contributed by atoms with Gasteiger partial charge in [0.2, 0.25) is 0 Å². The summed E-state index contributed by atoms with van der Waals surface area (Å²) < 4.78 is 63.9. The number of nitrogens with zero attached hydrogens (tertiary/aromatic N) is 4. The summed E-state index contributed by atoms with van der Waals surface area (Å²) in [6.07, 6.45) is 6.79. The average molecular weight is 2620 g/mol. The number of rotatable bonds is 8. The summed E-state index contributed by atoms with van der Waals surface area (Å²) in [5, 5.41) is 51.1. The number of aliphatic imine (C=N–C) groups is 4. The SMILES string of the molecule is C1COCCOCCOCCOCCOCCO1.C1COCCOCCOCCOCCOCCO1.CC(C)(C)c1cc(C=N[c-]2cccc2)c([O-])c(C(C)(C)C)c1.CC(C)(C)c1cc(C=N[c-]2cccc2)c([O-])c(C(C)(C)C)c1.CC(C)(C)c1cc(C=Nc2ccc[cH-]2)c([O-])c(C(C)(C)C)c1.CC(C)(C)c1cc(C=Nc2ccc[cH-]2)c([O-])c(C(C)(C)C)c1.Cc1ccccc1.Cc1ccccc1.[Fe+3].[Fe+3].[K+].[K+].[O-2].[O-2].[O-2].[O-2].[U+4].[U+4]. The Balaban J connectivity index is -0.000000393. The molecule has 0 bridgehead atoms. The van der Waals surface area contributed by atoms with E-state index in [1.807, 2.05) is 158 Å². The molecular weight excluding hydrogens is 2460 g/mol. The Bertz CT molecular complexity index is 4380. The Morgan fingerprint density at radius 1 is 0.250 bits per heavy atom. The third kappa shape index (κ3) is 65.5. The second kappa shape index (κ2) is 81.9. The maximum absolute atomic E-state index is 12.8.